The van der Waals surface area contributed by atoms with E-state index in [4.69, 9.17) is 10.5 Å². The van der Waals surface area contributed by atoms with Crippen LogP contribution in [0.25, 0.3) is 0 Å². The normalized spacial score (nSPS) is 47.5. The summed E-state index contributed by atoms with van der Waals surface area (Å²) in [6.07, 6.45) is 10.3. The van der Waals surface area contributed by atoms with E-state index >= 15 is 0 Å². The lowest BCUT2D eigenvalue weighted by Crippen LogP contribution is -2.51. The van der Waals surface area contributed by atoms with Gasteiger partial charge in [-0.15, -0.1) is 0 Å². The molecule has 1 aliphatic heterocycles. The van der Waals surface area contributed by atoms with Crippen LogP contribution < -0.4 is 5.73 Å². The minimum Gasteiger partial charge on any atom is -0.381 e. The first kappa shape index (κ1) is 12.6. The molecule has 0 aromatic rings. The Morgan fingerprint density at radius 3 is 2.00 bits per heavy atom. The van der Waals surface area contributed by atoms with Gasteiger partial charge in [-0.25, -0.2) is 0 Å². The van der Waals surface area contributed by atoms with Gasteiger partial charge in [0.05, 0.1) is 0 Å². The molecule has 5 fully saturated rings. The molecule has 0 amide bonds. The summed E-state index contributed by atoms with van der Waals surface area (Å²) in [6.45, 7) is 2.89. The first-order valence-corrected chi connectivity index (χ1v) is 8.63. The fourth-order valence-corrected chi connectivity index (χ4v) is 6.47. The van der Waals surface area contributed by atoms with Gasteiger partial charge in [-0.1, -0.05) is 0 Å². The molecule has 0 aromatic carbocycles. The van der Waals surface area contributed by atoms with Crippen LogP contribution in [0.15, 0.2) is 0 Å². The molecular weight excluding hydrogens is 234 g/mol. The number of ether oxygens (including phenoxy) is 1. The van der Waals surface area contributed by atoms with Crippen molar-refractivity contribution >= 4 is 0 Å². The lowest BCUT2D eigenvalue weighted by molar-refractivity contribution is -0.0815. The fraction of sp³-hybridized carbons (Fsp3) is 1.00. The number of rotatable bonds is 3. The van der Waals surface area contributed by atoms with E-state index in [1.165, 1.54) is 38.5 Å². The quantitative estimate of drug-likeness (QED) is 0.849. The zero-order valence-corrected chi connectivity index (χ0v) is 12.1. The van der Waals surface area contributed by atoms with E-state index in [2.05, 4.69) is 0 Å². The van der Waals surface area contributed by atoms with E-state index in [1.807, 2.05) is 0 Å². The van der Waals surface area contributed by atoms with E-state index < -0.39 is 0 Å². The smallest absolute Gasteiger partial charge is 0.0468 e. The van der Waals surface area contributed by atoms with Gasteiger partial charge in [0.2, 0.25) is 0 Å². The third-order valence-electron chi connectivity index (χ3n) is 6.94. The second-order valence-electron chi connectivity index (χ2n) is 7.86. The van der Waals surface area contributed by atoms with Gasteiger partial charge >= 0.3 is 0 Å². The summed E-state index contributed by atoms with van der Waals surface area (Å²) in [5.41, 5.74) is 6.24. The zero-order valence-electron chi connectivity index (χ0n) is 12.1. The molecule has 1 unspecified atom stereocenters. The van der Waals surface area contributed by atoms with E-state index in [0.717, 1.165) is 61.2 Å². The van der Waals surface area contributed by atoms with Crippen LogP contribution in [-0.2, 0) is 4.74 Å². The van der Waals surface area contributed by atoms with Crippen molar-refractivity contribution in [2.24, 2.45) is 47.2 Å². The minimum absolute atomic E-state index is 0.805. The van der Waals surface area contributed by atoms with Crippen LogP contribution in [0.1, 0.15) is 44.9 Å². The second kappa shape index (κ2) is 5.04. The summed E-state index contributed by atoms with van der Waals surface area (Å²) < 4.78 is 5.56. The van der Waals surface area contributed by atoms with E-state index in [9.17, 15) is 0 Å². The van der Waals surface area contributed by atoms with Crippen molar-refractivity contribution < 1.29 is 4.74 Å². The number of hydrogen-bond acceptors (Lipinski definition) is 2. The Balaban J connectivity index is 1.53. The third kappa shape index (κ3) is 2.15. The molecule has 0 aromatic heterocycles. The molecule has 5 aliphatic rings. The summed E-state index contributed by atoms with van der Waals surface area (Å²) in [5.74, 6) is 6.89. The van der Waals surface area contributed by atoms with Crippen molar-refractivity contribution in [3.8, 4) is 0 Å². The number of hydrogen-bond donors (Lipinski definition) is 1. The van der Waals surface area contributed by atoms with Crippen LogP contribution >= 0.6 is 0 Å². The highest BCUT2D eigenvalue weighted by Crippen LogP contribution is 2.59. The van der Waals surface area contributed by atoms with Crippen LogP contribution in [-0.4, -0.2) is 19.8 Å². The highest BCUT2D eigenvalue weighted by molar-refractivity contribution is 5.01. The van der Waals surface area contributed by atoms with Crippen LogP contribution in [0, 0.1) is 41.4 Å². The second-order valence-corrected chi connectivity index (χ2v) is 7.86. The fourth-order valence-electron chi connectivity index (χ4n) is 6.47. The molecule has 1 atom stereocenters. The molecule has 1 saturated heterocycles. The lowest BCUT2D eigenvalue weighted by Gasteiger charge is -2.57. The first-order chi connectivity index (χ1) is 9.35. The Kier molecular flexibility index (Phi) is 3.35. The molecule has 5 rings (SSSR count). The largest absolute Gasteiger partial charge is 0.381 e. The standard InChI is InChI=1S/C17H29NO/c18-10-16(13-1-3-19-4-2-13)17-14-6-11-5-12(8-14)9-15(17)7-11/h11-17H,1-10,18H2. The molecule has 4 aliphatic carbocycles. The zero-order chi connectivity index (χ0) is 12.8. The molecule has 108 valence electrons. The van der Waals surface area contributed by atoms with Crippen molar-refractivity contribution in [1.29, 1.82) is 0 Å². The summed E-state index contributed by atoms with van der Waals surface area (Å²) in [7, 11) is 0. The maximum Gasteiger partial charge on any atom is 0.0468 e. The van der Waals surface area contributed by atoms with Gasteiger partial charge in [0, 0.05) is 13.2 Å². The highest BCUT2D eigenvalue weighted by Gasteiger charge is 2.51. The Bertz CT molecular complexity index is 295. The molecule has 2 N–H and O–H groups in total. The SMILES string of the molecule is NCC(C1CCOCC1)C1C2CC3CC(C2)CC1C3. The first-order valence-electron chi connectivity index (χ1n) is 8.63. The molecule has 2 heteroatoms. The Labute approximate surface area is 117 Å². The predicted octanol–water partition coefficient (Wildman–Crippen LogP) is 3.06. The molecular formula is C17H29NO. The molecule has 4 saturated carbocycles. The summed E-state index contributed by atoms with van der Waals surface area (Å²) >= 11 is 0. The molecule has 2 nitrogen and oxygen atoms in total. The van der Waals surface area contributed by atoms with Crippen LogP contribution in [0.5, 0.6) is 0 Å². The lowest BCUT2D eigenvalue weighted by atomic mass is 9.48. The summed E-state index contributed by atoms with van der Waals surface area (Å²) in [4.78, 5) is 0. The van der Waals surface area contributed by atoms with Crippen LogP contribution in [0.2, 0.25) is 0 Å². The van der Waals surface area contributed by atoms with Gasteiger partial charge < -0.3 is 10.5 Å². The van der Waals surface area contributed by atoms with Crippen molar-refractivity contribution in [1.82, 2.24) is 0 Å². The Morgan fingerprint density at radius 1 is 0.895 bits per heavy atom. The molecule has 0 radical (unpaired) electrons. The third-order valence-corrected chi connectivity index (χ3v) is 6.94. The number of nitrogens with two attached hydrogens (primary N) is 1. The monoisotopic (exact) mass is 263 g/mol. The highest BCUT2D eigenvalue weighted by atomic mass is 16.5. The van der Waals surface area contributed by atoms with Crippen molar-refractivity contribution in [3.05, 3.63) is 0 Å². The van der Waals surface area contributed by atoms with Gasteiger partial charge in [-0.2, -0.15) is 0 Å². The van der Waals surface area contributed by atoms with Gasteiger partial charge in [0.25, 0.3) is 0 Å². The molecule has 1 heterocycles. The van der Waals surface area contributed by atoms with Gasteiger partial charge in [0.15, 0.2) is 0 Å². The van der Waals surface area contributed by atoms with Gasteiger partial charge in [0.1, 0.15) is 0 Å². The van der Waals surface area contributed by atoms with Crippen LogP contribution in [0.4, 0.5) is 0 Å². The summed E-state index contributed by atoms with van der Waals surface area (Å²) in [6, 6.07) is 0. The minimum atomic E-state index is 0.805. The maximum absolute atomic E-state index is 6.24. The predicted molar refractivity (Wildman–Crippen MR) is 76.6 cm³/mol. The topological polar surface area (TPSA) is 35.2 Å². The maximum atomic E-state index is 6.24. The van der Waals surface area contributed by atoms with E-state index in [1.54, 1.807) is 6.42 Å². The molecule has 4 bridgehead atoms. The average Bonchev–Trinajstić information content (AvgIpc) is 2.43. The Morgan fingerprint density at radius 2 is 1.47 bits per heavy atom. The average molecular weight is 263 g/mol. The van der Waals surface area contributed by atoms with Crippen molar-refractivity contribution in [3.63, 3.8) is 0 Å². The van der Waals surface area contributed by atoms with E-state index in [-0.39, 0.29) is 0 Å². The van der Waals surface area contributed by atoms with E-state index in [0.29, 0.717) is 0 Å². The van der Waals surface area contributed by atoms with Crippen LogP contribution in [0.3, 0.4) is 0 Å². The molecule has 0 spiro atoms. The Hall–Kier alpha value is -0.0800. The van der Waals surface area contributed by atoms with Gasteiger partial charge in [-0.3, -0.25) is 0 Å². The van der Waals surface area contributed by atoms with Gasteiger partial charge in [-0.05, 0) is 92.9 Å². The van der Waals surface area contributed by atoms with Crippen molar-refractivity contribution in [2.45, 2.75) is 44.9 Å². The molecule has 19 heavy (non-hydrogen) atoms. The van der Waals surface area contributed by atoms with Crippen molar-refractivity contribution in [2.75, 3.05) is 19.8 Å². The summed E-state index contributed by atoms with van der Waals surface area (Å²) in [5, 5.41) is 0.